The predicted molar refractivity (Wildman–Crippen MR) is 92.6 cm³/mol. The molecule has 0 saturated carbocycles. The molecule has 0 saturated heterocycles. The largest absolute Gasteiger partial charge is 0.342 e. The SMILES string of the molecule is C[Si](C)(Cl)CCCN(c1ccccc1)c1ccccc1. The zero-order valence-corrected chi connectivity index (χ0v) is 14.0. The van der Waals surface area contributed by atoms with Gasteiger partial charge in [0.25, 0.3) is 0 Å². The Morgan fingerprint density at radius 2 is 1.30 bits per heavy atom. The lowest BCUT2D eigenvalue weighted by Gasteiger charge is -2.26. The van der Waals surface area contributed by atoms with Gasteiger partial charge in [0, 0.05) is 17.9 Å². The molecular formula is C17H22ClNSi. The zero-order chi connectivity index (χ0) is 14.4. The van der Waals surface area contributed by atoms with Gasteiger partial charge in [-0.2, -0.15) is 11.1 Å². The van der Waals surface area contributed by atoms with Crippen molar-refractivity contribution >= 4 is 29.8 Å². The minimum Gasteiger partial charge on any atom is -0.342 e. The summed E-state index contributed by atoms with van der Waals surface area (Å²) in [7, 11) is -1.48. The Labute approximate surface area is 127 Å². The fourth-order valence-electron chi connectivity index (χ4n) is 2.28. The number of hydrogen-bond acceptors (Lipinski definition) is 1. The fourth-order valence-corrected chi connectivity index (χ4v) is 3.68. The molecule has 20 heavy (non-hydrogen) atoms. The van der Waals surface area contributed by atoms with Crippen molar-refractivity contribution in [2.24, 2.45) is 0 Å². The molecule has 0 aromatic heterocycles. The molecule has 0 heterocycles. The van der Waals surface area contributed by atoms with Gasteiger partial charge in [0.15, 0.2) is 7.38 Å². The van der Waals surface area contributed by atoms with Gasteiger partial charge in [-0.3, -0.25) is 0 Å². The van der Waals surface area contributed by atoms with Crippen LogP contribution in [0.5, 0.6) is 0 Å². The van der Waals surface area contributed by atoms with Crippen molar-refractivity contribution in [1.29, 1.82) is 0 Å². The van der Waals surface area contributed by atoms with Gasteiger partial charge in [-0.1, -0.05) is 49.5 Å². The van der Waals surface area contributed by atoms with Gasteiger partial charge in [-0.05, 0) is 36.7 Å². The molecule has 0 atom stereocenters. The molecule has 0 aliphatic heterocycles. The second-order valence-corrected chi connectivity index (χ2v) is 12.7. The van der Waals surface area contributed by atoms with Crippen LogP contribution in [0.15, 0.2) is 60.7 Å². The van der Waals surface area contributed by atoms with Crippen LogP contribution < -0.4 is 4.90 Å². The van der Waals surface area contributed by atoms with Crippen molar-refractivity contribution in [3.8, 4) is 0 Å². The molecule has 0 aliphatic carbocycles. The van der Waals surface area contributed by atoms with Crippen LogP contribution in [0.4, 0.5) is 11.4 Å². The third-order valence-electron chi connectivity index (χ3n) is 3.29. The van der Waals surface area contributed by atoms with E-state index in [1.165, 1.54) is 11.4 Å². The minimum atomic E-state index is -1.48. The van der Waals surface area contributed by atoms with Crippen LogP contribution in [-0.2, 0) is 0 Å². The van der Waals surface area contributed by atoms with E-state index >= 15 is 0 Å². The predicted octanol–water partition coefficient (Wildman–Crippen LogP) is 5.66. The molecule has 1 nitrogen and oxygen atoms in total. The van der Waals surface area contributed by atoms with Gasteiger partial charge in [-0.25, -0.2) is 0 Å². The number of para-hydroxylation sites is 2. The summed E-state index contributed by atoms with van der Waals surface area (Å²) in [4.78, 5) is 2.37. The van der Waals surface area contributed by atoms with Crippen LogP contribution in [0, 0.1) is 0 Å². The van der Waals surface area contributed by atoms with E-state index in [4.69, 9.17) is 11.1 Å². The van der Waals surface area contributed by atoms with Gasteiger partial charge in [0.2, 0.25) is 0 Å². The highest BCUT2D eigenvalue weighted by Gasteiger charge is 2.17. The van der Waals surface area contributed by atoms with Crippen LogP contribution in [0.2, 0.25) is 19.1 Å². The molecule has 0 aliphatic rings. The first-order chi connectivity index (χ1) is 9.56. The molecule has 2 rings (SSSR count). The van der Waals surface area contributed by atoms with Crippen LogP contribution >= 0.6 is 11.1 Å². The summed E-state index contributed by atoms with van der Waals surface area (Å²) >= 11 is 6.43. The maximum atomic E-state index is 6.43. The van der Waals surface area contributed by atoms with Crippen molar-refractivity contribution in [2.75, 3.05) is 11.4 Å². The number of rotatable bonds is 6. The maximum Gasteiger partial charge on any atom is 0.150 e. The molecule has 2 aromatic carbocycles. The molecule has 0 spiro atoms. The first-order valence-corrected chi connectivity index (χ1v) is 11.3. The van der Waals surface area contributed by atoms with Crippen LogP contribution in [0.3, 0.4) is 0 Å². The Balaban J connectivity index is 2.13. The molecule has 0 bridgehead atoms. The van der Waals surface area contributed by atoms with E-state index in [0.29, 0.717) is 0 Å². The van der Waals surface area contributed by atoms with E-state index in [9.17, 15) is 0 Å². The number of benzene rings is 2. The van der Waals surface area contributed by atoms with Crippen LogP contribution in [-0.4, -0.2) is 13.9 Å². The molecule has 0 N–H and O–H groups in total. The smallest absolute Gasteiger partial charge is 0.150 e. The second kappa shape index (κ2) is 6.96. The summed E-state index contributed by atoms with van der Waals surface area (Å²) in [5, 5.41) is 0. The van der Waals surface area contributed by atoms with E-state index < -0.39 is 7.38 Å². The lowest BCUT2D eigenvalue weighted by molar-refractivity contribution is 0.875. The number of nitrogens with zero attached hydrogens (tertiary/aromatic N) is 1. The molecule has 3 heteroatoms. The van der Waals surface area contributed by atoms with E-state index in [1.54, 1.807) is 0 Å². The highest BCUT2D eigenvalue weighted by atomic mass is 35.6. The summed E-state index contributed by atoms with van der Waals surface area (Å²) in [6, 6.07) is 22.3. The standard InChI is InChI=1S/C17H22ClNSi/c1-20(2,18)15-9-14-19(16-10-5-3-6-11-16)17-12-7-4-8-13-17/h3-8,10-13H,9,14-15H2,1-2H3. The molecule has 106 valence electrons. The van der Waals surface area contributed by atoms with Gasteiger partial charge in [0.1, 0.15) is 0 Å². The summed E-state index contributed by atoms with van der Waals surface area (Å²) in [6.07, 6.45) is 1.13. The Bertz CT molecular complexity index is 468. The van der Waals surface area contributed by atoms with Gasteiger partial charge in [-0.15, -0.1) is 0 Å². The van der Waals surface area contributed by atoms with Crippen molar-refractivity contribution in [3.05, 3.63) is 60.7 Å². The average Bonchev–Trinajstić information content (AvgIpc) is 2.44. The van der Waals surface area contributed by atoms with Gasteiger partial charge in [0.05, 0.1) is 0 Å². The molecule has 0 unspecified atom stereocenters. The Hall–Kier alpha value is -1.25. The van der Waals surface area contributed by atoms with Crippen molar-refractivity contribution in [2.45, 2.75) is 25.6 Å². The summed E-state index contributed by atoms with van der Waals surface area (Å²) in [5.74, 6) is 0. The number of hydrogen-bond donors (Lipinski definition) is 0. The highest BCUT2D eigenvalue weighted by molar-refractivity contribution is 7.19. The van der Waals surface area contributed by atoms with Crippen LogP contribution in [0.25, 0.3) is 0 Å². The van der Waals surface area contributed by atoms with Crippen LogP contribution in [0.1, 0.15) is 6.42 Å². The molecule has 0 radical (unpaired) electrons. The summed E-state index contributed by atoms with van der Waals surface area (Å²) in [5.41, 5.74) is 2.49. The summed E-state index contributed by atoms with van der Waals surface area (Å²) < 4.78 is 0. The first-order valence-electron chi connectivity index (χ1n) is 7.13. The lowest BCUT2D eigenvalue weighted by Crippen LogP contribution is -2.22. The summed E-state index contributed by atoms with van der Waals surface area (Å²) in [6.45, 7) is 5.44. The maximum absolute atomic E-state index is 6.43. The molecular weight excluding hydrogens is 282 g/mol. The topological polar surface area (TPSA) is 3.24 Å². The lowest BCUT2D eigenvalue weighted by atomic mass is 10.2. The third-order valence-corrected chi connectivity index (χ3v) is 5.40. The van der Waals surface area contributed by atoms with E-state index in [1.807, 2.05) is 0 Å². The third kappa shape index (κ3) is 4.69. The van der Waals surface area contributed by atoms with E-state index in [2.05, 4.69) is 78.7 Å². The molecule has 2 aromatic rings. The second-order valence-electron chi connectivity index (χ2n) is 5.64. The van der Waals surface area contributed by atoms with Crippen molar-refractivity contribution in [1.82, 2.24) is 0 Å². The highest BCUT2D eigenvalue weighted by Crippen LogP contribution is 2.26. The number of anilines is 2. The average molecular weight is 304 g/mol. The first kappa shape index (κ1) is 15.1. The Kier molecular flexibility index (Phi) is 5.27. The Morgan fingerprint density at radius 1 is 0.850 bits per heavy atom. The monoisotopic (exact) mass is 303 g/mol. The van der Waals surface area contributed by atoms with E-state index in [-0.39, 0.29) is 0 Å². The Morgan fingerprint density at radius 3 is 1.70 bits per heavy atom. The normalized spacial score (nSPS) is 11.3. The fraction of sp³-hybridized carbons (Fsp3) is 0.294. The van der Waals surface area contributed by atoms with Crippen molar-refractivity contribution in [3.63, 3.8) is 0 Å². The number of halogens is 1. The minimum absolute atomic E-state index is 1.01. The van der Waals surface area contributed by atoms with Gasteiger partial charge >= 0.3 is 0 Å². The van der Waals surface area contributed by atoms with E-state index in [0.717, 1.165) is 19.0 Å². The zero-order valence-electron chi connectivity index (χ0n) is 12.2. The quantitative estimate of drug-likeness (QED) is 0.492. The molecule has 0 amide bonds. The van der Waals surface area contributed by atoms with Gasteiger partial charge < -0.3 is 4.90 Å². The van der Waals surface area contributed by atoms with Crippen molar-refractivity contribution < 1.29 is 0 Å². The molecule has 0 fully saturated rings.